The molecule has 0 bridgehead atoms. The Balaban J connectivity index is 0.951. The van der Waals surface area contributed by atoms with E-state index in [1.165, 1.54) is 0 Å². The molecular formula is C42H69N3O36. The molecule has 0 aromatic heterocycles. The minimum atomic E-state index is -2.31. The van der Waals surface area contributed by atoms with Crippen LogP contribution in [0.1, 0.15) is 0 Å². The predicted molar refractivity (Wildman–Crippen MR) is 239 cm³/mol. The zero-order valence-corrected chi connectivity index (χ0v) is 41.7. The third-order valence-corrected chi connectivity index (χ3v) is 14.6. The quantitative estimate of drug-likeness (QED) is 0.0571. The lowest BCUT2D eigenvalue weighted by molar-refractivity contribution is -0.360. The summed E-state index contributed by atoms with van der Waals surface area (Å²) in [6.45, 7) is -3.56. The van der Waals surface area contributed by atoms with Crippen LogP contribution in [0.3, 0.4) is 0 Å². The molecule has 7 aliphatic heterocycles. The highest BCUT2D eigenvalue weighted by Crippen LogP contribution is 2.35. The molecule has 0 amide bonds. The van der Waals surface area contributed by atoms with Gasteiger partial charge in [0.05, 0.1) is 44.6 Å². The molecule has 7 saturated heterocycles. The summed E-state index contributed by atoms with van der Waals surface area (Å²) in [6, 6.07) is -5.29. The molecule has 0 aliphatic carbocycles. The maximum Gasteiger partial charge on any atom is 0.335 e. The number of carboxylic acid groups (broad SMARTS) is 3. The van der Waals surface area contributed by atoms with Crippen molar-refractivity contribution < 1.29 is 178 Å². The van der Waals surface area contributed by atoms with E-state index in [1.807, 2.05) is 0 Å². The molecule has 0 aromatic carbocycles. The van der Waals surface area contributed by atoms with Gasteiger partial charge in [0.25, 0.3) is 0 Å². The molecule has 7 fully saturated rings. The number of aliphatic carboxylic acids is 3. The van der Waals surface area contributed by atoms with Crippen LogP contribution in [-0.2, 0) is 76.0 Å². The summed E-state index contributed by atoms with van der Waals surface area (Å²) in [4.78, 5) is 37.3. The van der Waals surface area contributed by atoms with Crippen LogP contribution >= 0.6 is 0 Å². The van der Waals surface area contributed by atoms with Gasteiger partial charge in [0, 0.05) is 0 Å². The number of carbonyl (C=O) groups is 3. The average Bonchev–Trinajstić information content (AvgIpc) is 3.47. The molecule has 7 rings (SSSR count). The van der Waals surface area contributed by atoms with Gasteiger partial charge >= 0.3 is 17.9 Å². The lowest BCUT2D eigenvalue weighted by atomic mass is 9.95. The Kier molecular flexibility index (Phi) is 22.0. The van der Waals surface area contributed by atoms with Crippen molar-refractivity contribution in [3.63, 3.8) is 0 Å². The SMILES string of the molecule is N[C@@H]1[C@H](OC[C@H]2O[C@H](O[C@H]3[C@H](O)[C@H](N)[C@H](OC[C@H]4O[C@H](O[C@H]5[C@H](O)[C@H](N)[C@H](OC[C@H]6O[C@H](O)[C@H](O)[C@@H](O)[C@@H]6O)O[C@@H]5C(=O)O)[C@H](O)[C@@H](O)[C@@H]4O)O[C@@H]3C(=O)O)[C@H](O)[C@@H](O)[C@@H]2O)O[C@H](C(=O)O)[C@@H](O[C@H]2O[C@H](CO)[C@@H](O)[C@H](O)[C@H]2O)[C@@H]1O. The van der Waals surface area contributed by atoms with Gasteiger partial charge in [-0.05, 0) is 0 Å². The number of hydrogen-bond donors (Lipinski definition) is 23. The van der Waals surface area contributed by atoms with Crippen molar-refractivity contribution in [1.29, 1.82) is 0 Å². The highest BCUT2D eigenvalue weighted by Gasteiger charge is 2.57. The summed E-state index contributed by atoms with van der Waals surface area (Å²) in [7, 11) is 0. The molecule has 0 saturated carbocycles. The highest BCUT2D eigenvalue weighted by molar-refractivity contribution is 5.74. The Morgan fingerprint density at radius 2 is 0.580 bits per heavy atom. The molecule has 26 N–H and O–H groups in total. The van der Waals surface area contributed by atoms with E-state index in [2.05, 4.69) is 0 Å². The molecular weight excluding hydrogens is 1120 g/mol. The number of ether oxygens (including phenoxy) is 13. The number of carboxylic acids is 3. The minimum absolute atomic E-state index is 0.761. The molecule has 7 heterocycles. The Hall–Kier alpha value is -2.91. The molecule has 0 spiro atoms. The number of hydrogen-bond acceptors (Lipinski definition) is 36. The van der Waals surface area contributed by atoms with E-state index in [9.17, 15) is 117 Å². The van der Waals surface area contributed by atoms with Crippen molar-refractivity contribution in [2.45, 2.75) is 215 Å². The van der Waals surface area contributed by atoms with Gasteiger partial charge in [-0.1, -0.05) is 0 Å². The van der Waals surface area contributed by atoms with Crippen molar-refractivity contribution in [2.75, 3.05) is 26.4 Å². The summed E-state index contributed by atoms with van der Waals surface area (Å²) in [6.07, 6.45) is -64.4. The molecule has 0 unspecified atom stereocenters. The second-order valence-corrected chi connectivity index (χ2v) is 20.1. The zero-order valence-electron chi connectivity index (χ0n) is 41.7. The predicted octanol–water partition coefficient (Wildman–Crippen LogP) is -16.1. The summed E-state index contributed by atoms with van der Waals surface area (Å²) >= 11 is 0. The maximum atomic E-state index is 12.6. The number of aliphatic hydroxyl groups excluding tert-OH is 17. The van der Waals surface area contributed by atoms with Crippen molar-refractivity contribution in [3.8, 4) is 0 Å². The molecule has 0 radical (unpaired) electrons. The fourth-order valence-electron chi connectivity index (χ4n) is 9.73. The van der Waals surface area contributed by atoms with Crippen molar-refractivity contribution in [3.05, 3.63) is 0 Å². The average molecular weight is 1190 g/mol. The van der Waals surface area contributed by atoms with Crippen molar-refractivity contribution in [2.24, 2.45) is 17.2 Å². The monoisotopic (exact) mass is 1190 g/mol. The van der Waals surface area contributed by atoms with E-state index >= 15 is 0 Å². The summed E-state index contributed by atoms with van der Waals surface area (Å²) in [5.74, 6) is -5.52. The van der Waals surface area contributed by atoms with Gasteiger partial charge in [-0.15, -0.1) is 0 Å². The molecule has 39 heteroatoms. The van der Waals surface area contributed by atoms with Gasteiger partial charge in [-0.2, -0.15) is 0 Å². The molecule has 39 nitrogen and oxygen atoms in total. The van der Waals surface area contributed by atoms with E-state index in [4.69, 9.17) is 78.8 Å². The topological polar surface area (TPSA) is 654 Å². The van der Waals surface area contributed by atoms with Crippen LogP contribution in [0.5, 0.6) is 0 Å². The molecule has 81 heavy (non-hydrogen) atoms. The minimum Gasteiger partial charge on any atom is -0.479 e. The van der Waals surface area contributed by atoms with Crippen LogP contribution in [0.15, 0.2) is 0 Å². The van der Waals surface area contributed by atoms with Crippen molar-refractivity contribution >= 4 is 17.9 Å². The van der Waals surface area contributed by atoms with Crippen LogP contribution in [0.4, 0.5) is 0 Å². The first-order valence-corrected chi connectivity index (χ1v) is 24.9. The number of nitrogens with two attached hydrogens (primary N) is 3. The molecule has 0 aromatic rings. The third kappa shape index (κ3) is 13.7. The van der Waals surface area contributed by atoms with Gasteiger partial charge in [0.1, 0.15) is 134 Å². The Labute approximate surface area is 454 Å². The van der Waals surface area contributed by atoms with E-state index < -0.39 is 259 Å². The molecule has 35 atom stereocenters. The van der Waals surface area contributed by atoms with Gasteiger partial charge in [0.2, 0.25) is 0 Å². The first-order chi connectivity index (χ1) is 38.0. The second kappa shape index (κ2) is 27.2. The van der Waals surface area contributed by atoms with Crippen LogP contribution in [0, 0.1) is 0 Å². The maximum absolute atomic E-state index is 12.6. The largest absolute Gasteiger partial charge is 0.479 e. The van der Waals surface area contributed by atoms with Crippen LogP contribution in [0.2, 0.25) is 0 Å². The standard InChI is InChI=1S/C42H69N3O36/c43-9-17(52)28(31(34(64)65)79-37(9)69-2-6-13(48)19(54)23(58)36(68)72-6)77-41-25(60)21(56)15(50)8(74-41)4-71-39-11(45)18(53)29(32(81-39)35(66)67)78-42-26(61)22(57)14(49)7(75-42)3-70-38-10(44)16(51)27(30(80-38)33(62)63)76-40-24(59)20(55)12(47)5(1-46)73-40/h5-32,36-42,46-61,68H,1-4,43-45H2,(H,62,63)(H,64,65)(H,66,67)/t5-,6-,7-,8-,9+,10+,11+,12-,13-,14-,15-,16-,17-,18-,19+,20+,21+,22+,23-,24-,25-,26-,27+,28+,29+,30+,31+,32+,36+,37-,38-,39-,40-,41-,42-/m1/s1. The Morgan fingerprint density at radius 3 is 0.864 bits per heavy atom. The van der Waals surface area contributed by atoms with Gasteiger partial charge < -0.3 is 181 Å². The highest BCUT2D eigenvalue weighted by atomic mass is 16.8. The van der Waals surface area contributed by atoms with Crippen LogP contribution in [0.25, 0.3) is 0 Å². The lowest BCUT2D eigenvalue weighted by Crippen LogP contribution is -2.68. The van der Waals surface area contributed by atoms with E-state index in [-0.39, 0.29) is 0 Å². The zero-order chi connectivity index (χ0) is 60.0. The van der Waals surface area contributed by atoms with E-state index in [0.717, 1.165) is 0 Å². The Bertz CT molecular complexity index is 2080. The first kappa shape index (κ1) is 65.6. The Morgan fingerprint density at radius 1 is 0.321 bits per heavy atom. The summed E-state index contributed by atoms with van der Waals surface area (Å²) < 4.78 is 70.7. The second-order valence-electron chi connectivity index (χ2n) is 20.1. The number of rotatable bonds is 19. The molecule has 7 aliphatic rings. The molecule has 468 valence electrons. The summed E-state index contributed by atoms with van der Waals surface area (Å²) in [5, 5.41) is 209. The first-order valence-electron chi connectivity index (χ1n) is 24.9. The van der Waals surface area contributed by atoms with Crippen molar-refractivity contribution in [1.82, 2.24) is 0 Å². The van der Waals surface area contributed by atoms with E-state index in [0.29, 0.717) is 0 Å². The summed E-state index contributed by atoms with van der Waals surface area (Å²) in [5.41, 5.74) is 18.3. The lowest BCUT2D eigenvalue weighted by Gasteiger charge is -2.47. The van der Waals surface area contributed by atoms with Crippen LogP contribution in [-0.4, -0.2) is 361 Å². The van der Waals surface area contributed by atoms with E-state index in [1.54, 1.807) is 0 Å². The smallest absolute Gasteiger partial charge is 0.335 e. The fourth-order valence-corrected chi connectivity index (χ4v) is 9.73. The number of aliphatic hydroxyl groups is 17. The van der Waals surface area contributed by atoms with Gasteiger partial charge in [-0.25, -0.2) is 14.4 Å². The van der Waals surface area contributed by atoms with Crippen LogP contribution < -0.4 is 17.2 Å². The fraction of sp³-hybridized carbons (Fsp3) is 0.929. The third-order valence-electron chi connectivity index (χ3n) is 14.6. The normalized spacial score (nSPS) is 51.8. The van der Waals surface area contributed by atoms with Gasteiger partial charge in [-0.3, -0.25) is 0 Å². The van der Waals surface area contributed by atoms with Gasteiger partial charge in [0.15, 0.2) is 62.3 Å².